The van der Waals surface area contributed by atoms with Crippen molar-refractivity contribution in [2.24, 2.45) is 0 Å². The van der Waals surface area contributed by atoms with Gasteiger partial charge in [0.15, 0.2) is 0 Å². The summed E-state index contributed by atoms with van der Waals surface area (Å²) in [7, 11) is 3.28. The first-order valence-corrected chi connectivity index (χ1v) is 5.06. The third-order valence-corrected chi connectivity index (χ3v) is 2.43. The summed E-state index contributed by atoms with van der Waals surface area (Å²) in [6.07, 6.45) is 1.63. The molecule has 15 heavy (non-hydrogen) atoms. The van der Waals surface area contributed by atoms with Gasteiger partial charge in [-0.25, -0.2) is 0 Å². The molecule has 1 aromatic carbocycles. The molecule has 0 heterocycles. The molecule has 1 N–H and O–H groups in total. The Labute approximate surface area is 90.6 Å². The lowest BCUT2D eigenvalue weighted by Crippen LogP contribution is -2.16. The quantitative estimate of drug-likeness (QED) is 0.775. The van der Waals surface area contributed by atoms with E-state index in [-0.39, 0.29) is 12.7 Å². The predicted octanol–water partition coefficient (Wildman–Crippen LogP) is 1.64. The van der Waals surface area contributed by atoms with E-state index in [4.69, 9.17) is 14.6 Å². The maximum Gasteiger partial charge on any atom is 0.119 e. The van der Waals surface area contributed by atoms with Gasteiger partial charge in [-0.3, -0.25) is 0 Å². The molecule has 0 saturated carbocycles. The van der Waals surface area contributed by atoms with E-state index in [2.05, 4.69) is 0 Å². The van der Waals surface area contributed by atoms with Crippen LogP contribution in [-0.4, -0.2) is 32.0 Å². The largest absolute Gasteiger partial charge is 0.497 e. The second-order valence-corrected chi connectivity index (χ2v) is 3.43. The Hall–Kier alpha value is -1.06. The zero-order valence-electron chi connectivity index (χ0n) is 9.27. The zero-order chi connectivity index (χ0) is 11.1. The maximum atomic E-state index is 8.96. The molecule has 1 aromatic rings. The van der Waals surface area contributed by atoms with Crippen LogP contribution >= 0.6 is 0 Å². The summed E-state index contributed by atoms with van der Waals surface area (Å²) >= 11 is 0. The van der Waals surface area contributed by atoms with Crippen LogP contribution < -0.4 is 4.74 Å². The highest BCUT2D eigenvalue weighted by Gasteiger charge is 2.05. The second-order valence-electron chi connectivity index (χ2n) is 3.43. The molecule has 0 fully saturated rings. The molecule has 0 aliphatic carbocycles. The van der Waals surface area contributed by atoms with Crippen LogP contribution in [0.25, 0.3) is 0 Å². The van der Waals surface area contributed by atoms with Gasteiger partial charge in [0.2, 0.25) is 0 Å². The summed E-state index contributed by atoms with van der Waals surface area (Å²) in [6.45, 7) is 0.0699. The van der Waals surface area contributed by atoms with Gasteiger partial charge < -0.3 is 14.6 Å². The molecular formula is C12H18O3. The van der Waals surface area contributed by atoms with Crippen molar-refractivity contribution in [3.63, 3.8) is 0 Å². The molecule has 3 heteroatoms. The first-order valence-electron chi connectivity index (χ1n) is 5.06. The number of benzene rings is 1. The van der Waals surface area contributed by atoms with Crippen molar-refractivity contribution in [3.05, 3.63) is 29.8 Å². The lowest BCUT2D eigenvalue weighted by molar-refractivity contribution is 0.0435. The van der Waals surface area contributed by atoms with Crippen molar-refractivity contribution in [2.75, 3.05) is 20.8 Å². The molecule has 0 saturated heterocycles. The Morgan fingerprint density at radius 1 is 1.33 bits per heavy atom. The molecule has 1 unspecified atom stereocenters. The van der Waals surface area contributed by atoms with Crippen LogP contribution in [0.15, 0.2) is 24.3 Å². The van der Waals surface area contributed by atoms with Gasteiger partial charge in [0.1, 0.15) is 5.75 Å². The van der Waals surface area contributed by atoms with Crippen molar-refractivity contribution >= 4 is 0 Å². The molecule has 0 amide bonds. The van der Waals surface area contributed by atoms with Crippen molar-refractivity contribution in [2.45, 2.75) is 18.9 Å². The number of aliphatic hydroxyl groups excluding tert-OH is 1. The summed E-state index contributed by atoms with van der Waals surface area (Å²) in [5.41, 5.74) is 1.20. The summed E-state index contributed by atoms with van der Waals surface area (Å²) in [4.78, 5) is 0. The minimum absolute atomic E-state index is 0.0699. The molecule has 84 valence electrons. The standard InChI is InChI=1S/C12H18O3/c1-14-11-5-3-4-10(8-11)6-7-12(9-13)15-2/h3-5,8,12-13H,6-7,9H2,1-2H3. The van der Waals surface area contributed by atoms with Gasteiger partial charge >= 0.3 is 0 Å². The Kier molecular flexibility index (Phi) is 5.15. The molecule has 0 bridgehead atoms. The Morgan fingerprint density at radius 2 is 2.13 bits per heavy atom. The smallest absolute Gasteiger partial charge is 0.119 e. The third kappa shape index (κ3) is 3.90. The van der Waals surface area contributed by atoms with E-state index in [9.17, 15) is 0 Å². The summed E-state index contributed by atoms with van der Waals surface area (Å²) in [5.74, 6) is 0.866. The molecule has 0 radical (unpaired) electrons. The van der Waals surface area contributed by atoms with Gasteiger partial charge in [-0.1, -0.05) is 12.1 Å². The van der Waals surface area contributed by atoms with Crippen LogP contribution in [-0.2, 0) is 11.2 Å². The number of ether oxygens (including phenoxy) is 2. The Bertz CT molecular complexity index is 282. The van der Waals surface area contributed by atoms with E-state index in [1.165, 1.54) is 5.56 Å². The van der Waals surface area contributed by atoms with Crippen LogP contribution in [0.3, 0.4) is 0 Å². The van der Waals surface area contributed by atoms with Crippen molar-refractivity contribution in [1.82, 2.24) is 0 Å². The fourth-order valence-corrected chi connectivity index (χ4v) is 1.44. The van der Waals surface area contributed by atoms with E-state index >= 15 is 0 Å². The molecule has 1 rings (SSSR count). The summed E-state index contributed by atoms with van der Waals surface area (Å²) < 4.78 is 10.2. The molecule has 0 spiro atoms. The van der Waals surface area contributed by atoms with E-state index < -0.39 is 0 Å². The van der Waals surface area contributed by atoms with Gasteiger partial charge in [0.05, 0.1) is 19.8 Å². The number of rotatable bonds is 6. The normalized spacial score (nSPS) is 12.5. The summed E-state index contributed by atoms with van der Waals surface area (Å²) in [6, 6.07) is 7.94. The molecule has 0 aliphatic rings. The van der Waals surface area contributed by atoms with Crippen LogP contribution in [0.5, 0.6) is 5.75 Å². The van der Waals surface area contributed by atoms with Crippen molar-refractivity contribution in [3.8, 4) is 5.75 Å². The molecule has 0 aliphatic heterocycles. The Morgan fingerprint density at radius 3 is 2.73 bits per heavy atom. The van der Waals surface area contributed by atoms with Crippen molar-refractivity contribution in [1.29, 1.82) is 0 Å². The fourth-order valence-electron chi connectivity index (χ4n) is 1.44. The van der Waals surface area contributed by atoms with Crippen LogP contribution in [0, 0.1) is 0 Å². The average Bonchev–Trinajstić information content (AvgIpc) is 2.31. The number of aliphatic hydroxyl groups is 1. The highest BCUT2D eigenvalue weighted by atomic mass is 16.5. The van der Waals surface area contributed by atoms with Crippen LogP contribution in [0.1, 0.15) is 12.0 Å². The molecule has 3 nitrogen and oxygen atoms in total. The zero-order valence-corrected chi connectivity index (χ0v) is 9.27. The lowest BCUT2D eigenvalue weighted by atomic mass is 10.1. The predicted molar refractivity (Wildman–Crippen MR) is 59.2 cm³/mol. The topological polar surface area (TPSA) is 38.7 Å². The van der Waals surface area contributed by atoms with E-state index in [1.54, 1.807) is 14.2 Å². The molecule has 1 atom stereocenters. The highest BCUT2D eigenvalue weighted by molar-refractivity contribution is 5.28. The van der Waals surface area contributed by atoms with E-state index in [0.29, 0.717) is 0 Å². The van der Waals surface area contributed by atoms with Gasteiger partial charge in [-0.2, -0.15) is 0 Å². The number of hydrogen-bond donors (Lipinski definition) is 1. The highest BCUT2D eigenvalue weighted by Crippen LogP contribution is 2.14. The molecule has 0 aromatic heterocycles. The van der Waals surface area contributed by atoms with Gasteiger partial charge in [-0.15, -0.1) is 0 Å². The number of hydrogen-bond acceptors (Lipinski definition) is 3. The van der Waals surface area contributed by atoms with E-state index in [0.717, 1.165) is 18.6 Å². The average molecular weight is 210 g/mol. The SMILES string of the molecule is COc1cccc(CCC(CO)OC)c1. The van der Waals surface area contributed by atoms with Gasteiger partial charge in [0.25, 0.3) is 0 Å². The van der Waals surface area contributed by atoms with E-state index in [1.807, 2.05) is 24.3 Å². The van der Waals surface area contributed by atoms with Crippen molar-refractivity contribution < 1.29 is 14.6 Å². The minimum atomic E-state index is -0.0730. The fraction of sp³-hybridized carbons (Fsp3) is 0.500. The maximum absolute atomic E-state index is 8.96. The van der Waals surface area contributed by atoms with Crippen LogP contribution in [0.4, 0.5) is 0 Å². The summed E-state index contributed by atoms with van der Waals surface area (Å²) in [5, 5.41) is 8.96. The number of methoxy groups -OCH3 is 2. The third-order valence-electron chi connectivity index (χ3n) is 2.43. The second kappa shape index (κ2) is 6.43. The van der Waals surface area contributed by atoms with Gasteiger partial charge in [-0.05, 0) is 30.5 Å². The lowest BCUT2D eigenvalue weighted by Gasteiger charge is -2.12. The van der Waals surface area contributed by atoms with Gasteiger partial charge in [0, 0.05) is 7.11 Å². The number of aryl methyl sites for hydroxylation is 1. The first-order chi connectivity index (χ1) is 7.30. The van der Waals surface area contributed by atoms with Crippen LogP contribution in [0.2, 0.25) is 0 Å². The monoisotopic (exact) mass is 210 g/mol. The molecular weight excluding hydrogens is 192 g/mol. The minimum Gasteiger partial charge on any atom is -0.497 e. The first kappa shape index (κ1) is 12.0. The Balaban J connectivity index is 2.49.